The van der Waals surface area contributed by atoms with Crippen LogP contribution in [-0.4, -0.2) is 9.97 Å². The van der Waals surface area contributed by atoms with Gasteiger partial charge in [-0.15, -0.1) is 0 Å². The molecule has 1 heterocycles. The standard InChI is InChI=1S/C11H9BrF2N4/c1-5-10(15)16-4-17-11(5)18-9-7(13)2-6(12)3-8(9)14/h2-4H,1H3,(H3,15,16,17,18). The van der Waals surface area contributed by atoms with Gasteiger partial charge < -0.3 is 11.1 Å². The van der Waals surface area contributed by atoms with E-state index in [1.54, 1.807) is 6.92 Å². The Balaban J connectivity index is 2.43. The van der Waals surface area contributed by atoms with Gasteiger partial charge in [0.25, 0.3) is 0 Å². The lowest BCUT2D eigenvalue weighted by Crippen LogP contribution is -2.04. The van der Waals surface area contributed by atoms with Crippen LogP contribution >= 0.6 is 15.9 Å². The number of anilines is 3. The van der Waals surface area contributed by atoms with Gasteiger partial charge in [0.1, 0.15) is 23.7 Å². The van der Waals surface area contributed by atoms with Crippen LogP contribution in [-0.2, 0) is 0 Å². The molecule has 0 spiro atoms. The second-order valence-electron chi connectivity index (χ2n) is 3.60. The number of aromatic nitrogens is 2. The van der Waals surface area contributed by atoms with Crippen molar-refractivity contribution in [2.45, 2.75) is 6.92 Å². The number of nitrogens with one attached hydrogen (secondary N) is 1. The highest BCUT2D eigenvalue weighted by Crippen LogP contribution is 2.27. The van der Waals surface area contributed by atoms with Gasteiger partial charge in [-0.25, -0.2) is 18.7 Å². The molecule has 0 aliphatic carbocycles. The van der Waals surface area contributed by atoms with Crippen molar-refractivity contribution in [2.75, 3.05) is 11.1 Å². The summed E-state index contributed by atoms with van der Waals surface area (Å²) in [7, 11) is 0. The van der Waals surface area contributed by atoms with E-state index in [0.29, 0.717) is 10.0 Å². The third-order valence-electron chi connectivity index (χ3n) is 2.37. The average Bonchev–Trinajstić information content (AvgIpc) is 2.28. The number of nitrogen functional groups attached to an aromatic ring is 1. The van der Waals surface area contributed by atoms with Crippen LogP contribution in [0.25, 0.3) is 0 Å². The van der Waals surface area contributed by atoms with Crippen molar-refractivity contribution in [3.63, 3.8) is 0 Å². The molecule has 7 heteroatoms. The fourth-order valence-corrected chi connectivity index (χ4v) is 1.77. The van der Waals surface area contributed by atoms with E-state index in [1.807, 2.05) is 0 Å². The number of nitrogens with zero attached hydrogens (tertiary/aromatic N) is 2. The van der Waals surface area contributed by atoms with E-state index in [9.17, 15) is 8.78 Å². The molecule has 0 fully saturated rings. The zero-order valence-corrected chi connectivity index (χ0v) is 10.9. The van der Waals surface area contributed by atoms with Gasteiger partial charge in [-0.2, -0.15) is 0 Å². The van der Waals surface area contributed by atoms with Crippen LogP contribution in [0.15, 0.2) is 22.9 Å². The normalized spacial score (nSPS) is 10.4. The Labute approximate surface area is 110 Å². The smallest absolute Gasteiger partial charge is 0.150 e. The predicted molar refractivity (Wildman–Crippen MR) is 68.5 cm³/mol. The molecule has 0 aliphatic rings. The van der Waals surface area contributed by atoms with E-state index < -0.39 is 11.6 Å². The SMILES string of the molecule is Cc1c(N)ncnc1Nc1c(F)cc(Br)cc1F. The molecule has 4 nitrogen and oxygen atoms in total. The fraction of sp³-hybridized carbons (Fsp3) is 0.0909. The number of hydrogen-bond donors (Lipinski definition) is 2. The molecule has 0 radical (unpaired) electrons. The van der Waals surface area contributed by atoms with E-state index in [1.165, 1.54) is 6.33 Å². The van der Waals surface area contributed by atoms with Crippen molar-refractivity contribution in [3.05, 3.63) is 40.1 Å². The molecular formula is C11H9BrF2N4. The minimum absolute atomic E-state index is 0.255. The summed E-state index contributed by atoms with van der Waals surface area (Å²) in [6.45, 7) is 1.66. The van der Waals surface area contributed by atoms with Crippen molar-refractivity contribution in [1.29, 1.82) is 0 Å². The van der Waals surface area contributed by atoms with Gasteiger partial charge in [-0.3, -0.25) is 0 Å². The summed E-state index contributed by atoms with van der Waals surface area (Å²) in [5.74, 6) is -0.926. The summed E-state index contributed by atoms with van der Waals surface area (Å²) in [4.78, 5) is 7.66. The highest BCUT2D eigenvalue weighted by Gasteiger charge is 2.13. The second kappa shape index (κ2) is 4.85. The summed E-state index contributed by atoms with van der Waals surface area (Å²) < 4.78 is 27.6. The first kappa shape index (κ1) is 12.7. The lowest BCUT2D eigenvalue weighted by atomic mass is 10.2. The second-order valence-corrected chi connectivity index (χ2v) is 4.52. The van der Waals surface area contributed by atoms with Gasteiger partial charge in [0, 0.05) is 10.0 Å². The number of halogens is 3. The maximum atomic E-state index is 13.6. The molecule has 0 atom stereocenters. The van der Waals surface area contributed by atoms with Crippen LogP contribution < -0.4 is 11.1 Å². The van der Waals surface area contributed by atoms with Crippen molar-refractivity contribution in [1.82, 2.24) is 9.97 Å². The molecule has 0 saturated heterocycles. The molecule has 0 saturated carbocycles. The topological polar surface area (TPSA) is 63.8 Å². The monoisotopic (exact) mass is 314 g/mol. The van der Waals surface area contributed by atoms with Crippen LogP contribution in [0, 0.1) is 18.6 Å². The first-order valence-electron chi connectivity index (χ1n) is 4.97. The molecule has 0 unspecified atom stereocenters. The van der Waals surface area contributed by atoms with Crippen LogP contribution in [0.2, 0.25) is 0 Å². The highest BCUT2D eigenvalue weighted by atomic mass is 79.9. The maximum absolute atomic E-state index is 13.6. The molecule has 1 aromatic heterocycles. The van der Waals surface area contributed by atoms with Crippen LogP contribution in [0.1, 0.15) is 5.56 Å². The first-order valence-corrected chi connectivity index (χ1v) is 5.77. The molecule has 2 aromatic rings. The molecule has 0 bridgehead atoms. The molecule has 0 amide bonds. The van der Waals surface area contributed by atoms with E-state index in [0.717, 1.165) is 12.1 Å². The molecule has 2 rings (SSSR count). The van der Waals surface area contributed by atoms with Crippen LogP contribution in [0.3, 0.4) is 0 Å². The molecular weight excluding hydrogens is 306 g/mol. The summed E-state index contributed by atoms with van der Waals surface area (Å²) in [5.41, 5.74) is 5.84. The highest BCUT2D eigenvalue weighted by molar-refractivity contribution is 9.10. The maximum Gasteiger partial charge on any atom is 0.150 e. The van der Waals surface area contributed by atoms with E-state index in [4.69, 9.17) is 5.73 Å². The van der Waals surface area contributed by atoms with Gasteiger partial charge in [0.2, 0.25) is 0 Å². The minimum Gasteiger partial charge on any atom is -0.383 e. The third kappa shape index (κ3) is 2.40. The van der Waals surface area contributed by atoms with Crippen molar-refractivity contribution in [3.8, 4) is 0 Å². The summed E-state index contributed by atoms with van der Waals surface area (Å²) in [5, 5.41) is 2.57. The van der Waals surface area contributed by atoms with Gasteiger partial charge >= 0.3 is 0 Å². The predicted octanol–water partition coefficient (Wildman–Crippen LogP) is 3.15. The van der Waals surface area contributed by atoms with E-state index >= 15 is 0 Å². The van der Waals surface area contributed by atoms with Crippen molar-refractivity contribution >= 4 is 33.3 Å². The Bertz CT molecular complexity index is 581. The van der Waals surface area contributed by atoms with Gasteiger partial charge in [0.05, 0.1) is 0 Å². The molecule has 94 valence electrons. The third-order valence-corrected chi connectivity index (χ3v) is 2.83. The first-order chi connectivity index (χ1) is 8.49. The Kier molecular flexibility index (Phi) is 3.42. The Morgan fingerprint density at radius 2 is 1.83 bits per heavy atom. The van der Waals surface area contributed by atoms with Crippen molar-refractivity contribution in [2.24, 2.45) is 0 Å². The number of rotatable bonds is 2. The zero-order chi connectivity index (χ0) is 13.3. The van der Waals surface area contributed by atoms with Crippen LogP contribution in [0.5, 0.6) is 0 Å². The zero-order valence-electron chi connectivity index (χ0n) is 9.34. The molecule has 3 N–H and O–H groups in total. The van der Waals surface area contributed by atoms with Crippen LogP contribution in [0.4, 0.5) is 26.1 Å². The molecule has 1 aromatic carbocycles. The minimum atomic E-state index is -0.724. The molecule has 0 aliphatic heterocycles. The summed E-state index contributed by atoms with van der Waals surface area (Å²) in [6.07, 6.45) is 1.22. The Hall–Kier alpha value is -1.76. The summed E-state index contributed by atoms with van der Waals surface area (Å²) in [6, 6.07) is 2.32. The average molecular weight is 315 g/mol. The lowest BCUT2D eigenvalue weighted by Gasteiger charge is -2.11. The van der Waals surface area contributed by atoms with Gasteiger partial charge in [-0.1, -0.05) is 15.9 Å². The Morgan fingerprint density at radius 1 is 1.22 bits per heavy atom. The van der Waals surface area contributed by atoms with E-state index in [-0.39, 0.29) is 17.3 Å². The summed E-state index contributed by atoms with van der Waals surface area (Å²) >= 11 is 3.01. The quantitative estimate of drug-likeness (QED) is 0.893. The van der Waals surface area contributed by atoms with Gasteiger partial charge in [0.15, 0.2) is 11.6 Å². The lowest BCUT2D eigenvalue weighted by molar-refractivity contribution is 0.589. The largest absolute Gasteiger partial charge is 0.383 e. The number of benzene rings is 1. The van der Waals surface area contributed by atoms with E-state index in [2.05, 4.69) is 31.2 Å². The Morgan fingerprint density at radius 3 is 2.44 bits per heavy atom. The fourth-order valence-electron chi connectivity index (χ4n) is 1.37. The number of nitrogens with two attached hydrogens (primary N) is 1. The van der Waals surface area contributed by atoms with Crippen molar-refractivity contribution < 1.29 is 8.78 Å². The molecule has 18 heavy (non-hydrogen) atoms. The van der Waals surface area contributed by atoms with Gasteiger partial charge in [-0.05, 0) is 19.1 Å². The number of hydrogen-bond acceptors (Lipinski definition) is 4.